The Hall–Kier alpha value is -2.70. The van der Waals surface area contributed by atoms with Crippen LogP contribution >= 0.6 is 0 Å². The van der Waals surface area contributed by atoms with Gasteiger partial charge in [-0.1, -0.05) is 52.3 Å². The first-order valence-electron chi connectivity index (χ1n) is 12.0. The number of fused-ring (bicyclic) bond motifs is 1. The quantitative estimate of drug-likeness (QED) is 0.671. The van der Waals surface area contributed by atoms with Crippen LogP contribution < -0.4 is 15.5 Å². The lowest BCUT2D eigenvalue weighted by Crippen LogP contribution is -2.49. The Morgan fingerprint density at radius 3 is 2.64 bits per heavy atom. The van der Waals surface area contributed by atoms with Crippen molar-refractivity contribution in [1.29, 1.82) is 0 Å². The third kappa shape index (κ3) is 5.28. The average molecular weight is 450 g/mol. The van der Waals surface area contributed by atoms with E-state index < -0.39 is 6.10 Å². The van der Waals surface area contributed by atoms with Gasteiger partial charge >= 0.3 is 0 Å². The monoisotopic (exact) mass is 449 g/mol. The maximum Gasteiger partial charge on any atom is 0.256 e. The van der Waals surface area contributed by atoms with Gasteiger partial charge in [0.25, 0.3) is 5.91 Å². The maximum atomic E-state index is 13.1. The molecule has 0 aliphatic carbocycles. The first-order chi connectivity index (χ1) is 15.8. The van der Waals surface area contributed by atoms with Crippen LogP contribution in [0.3, 0.4) is 0 Å². The molecule has 2 aromatic carbocycles. The lowest BCUT2D eigenvalue weighted by Gasteiger charge is -2.32. The molecule has 4 rings (SSSR count). The third-order valence-corrected chi connectivity index (χ3v) is 6.51. The number of carbonyl (C=O) groups is 2. The van der Waals surface area contributed by atoms with Gasteiger partial charge in [-0.05, 0) is 52.8 Å². The fourth-order valence-electron chi connectivity index (χ4n) is 4.63. The highest BCUT2D eigenvalue weighted by molar-refractivity contribution is 6.01. The molecule has 2 aliphatic rings. The van der Waals surface area contributed by atoms with Crippen molar-refractivity contribution in [3.05, 3.63) is 59.2 Å². The number of benzene rings is 2. The fraction of sp³-hybridized carbons (Fsp3) is 0.481. The summed E-state index contributed by atoms with van der Waals surface area (Å²) >= 11 is 0. The molecule has 2 aliphatic heterocycles. The van der Waals surface area contributed by atoms with E-state index in [-0.39, 0.29) is 23.7 Å². The third-order valence-electron chi connectivity index (χ3n) is 6.51. The van der Waals surface area contributed by atoms with E-state index in [4.69, 9.17) is 4.74 Å². The molecule has 176 valence electrons. The van der Waals surface area contributed by atoms with Crippen molar-refractivity contribution >= 4 is 23.2 Å². The van der Waals surface area contributed by atoms with E-state index in [0.29, 0.717) is 19.2 Å². The molecule has 1 saturated heterocycles. The summed E-state index contributed by atoms with van der Waals surface area (Å²) in [5.74, 6) is -0.380. The molecule has 0 saturated carbocycles. The second kappa shape index (κ2) is 9.65. The predicted octanol–water partition coefficient (Wildman–Crippen LogP) is 4.69. The molecule has 0 spiro atoms. The van der Waals surface area contributed by atoms with Gasteiger partial charge in [-0.3, -0.25) is 9.59 Å². The van der Waals surface area contributed by atoms with Crippen molar-refractivity contribution in [2.45, 2.75) is 71.1 Å². The molecule has 33 heavy (non-hydrogen) atoms. The van der Waals surface area contributed by atoms with Crippen LogP contribution in [0.4, 0.5) is 11.4 Å². The number of nitrogens with zero attached hydrogens (tertiary/aromatic N) is 1. The molecular formula is C27H35N3O3. The Bertz CT molecular complexity index is 1010. The van der Waals surface area contributed by atoms with Crippen LogP contribution in [0.25, 0.3) is 0 Å². The van der Waals surface area contributed by atoms with E-state index in [2.05, 4.69) is 56.5 Å². The summed E-state index contributed by atoms with van der Waals surface area (Å²) in [7, 11) is 0. The molecule has 2 aromatic rings. The van der Waals surface area contributed by atoms with Crippen molar-refractivity contribution in [3.63, 3.8) is 0 Å². The summed E-state index contributed by atoms with van der Waals surface area (Å²) in [6.07, 6.45) is 1.47. The molecule has 0 bridgehead atoms. The van der Waals surface area contributed by atoms with Gasteiger partial charge in [0.2, 0.25) is 5.91 Å². The summed E-state index contributed by atoms with van der Waals surface area (Å²) in [6.45, 7) is 10.4. The summed E-state index contributed by atoms with van der Waals surface area (Å²) < 4.78 is 5.68. The molecule has 2 unspecified atom stereocenters. The minimum Gasteiger partial charge on any atom is -0.366 e. The Kier molecular flexibility index (Phi) is 6.86. The molecule has 2 atom stereocenters. The minimum absolute atomic E-state index is 0.00318. The highest BCUT2D eigenvalue weighted by Crippen LogP contribution is 2.31. The number of anilines is 2. The highest BCUT2D eigenvalue weighted by Gasteiger charge is 2.32. The number of ether oxygens (including phenoxy) is 1. The Balaban J connectivity index is 1.38. The van der Waals surface area contributed by atoms with E-state index in [1.54, 1.807) is 4.90 Å². The van der Waals surface area contributed by atoms with Gasteiger partial charge in [0.15, 0.2) is 0 Å². The van der Waals surface area contributed by atoms with Crippen molar-refractivity contribution < 1.29 is 14.3 Å². The molecule has 6 heteroatoms. The Morgan fingerprint density at radius 2 is 1.94 bits per heavy atom. The normalized spacial score (nSPS) is 20.6. The molecule has 2 heterocycles. The average Bonchev–Trinajstić information content (AvgIpc) is 3.17. The van der Waals surface area contributed by atoms with Gasteiger partial charge < -0.3 is 20.3 Å². The molecule has 2 N–H and O–H groups in total. The Morgan fingerprint density at radius 1 is 1.18 bits per heavy atom. The van der Waals surface area contributed by atoms with Crippen LogP contribution in [0.1, 0.15) is 69.7 Å². The number of rotatable bonds is 6. The molecule has 0 radical (unpaired) electrons. The summed E-state index contributed by atoms with van der Waals surface area (Å²) in [5, 5.41) is 6.47. The fourth-order valence-corrected chi connectivity index (χ4v) is 4.63. The van der Waals surface area contributed by atoms with Gasteiger partial charge in [0.05, 0.1) is 13.0 Å². The number of hydrogen-bond acceptors (Lipinski definition) is 4. The number of carbonyl (C=O) groups excluding carboxylic acids is 2. The summed E-state index contributed by atoms with van der Waals surface area (Å²) in [5.41, 5.74) is 5.41. The van der Waals surface area contributed by atoms with E-state index in [1.165, 1.54) is 16.7 Å². The lowest BCUT2D eigenvalue weighted by atomic mass is 9.87. The van der Waals surface area contributed by atoms with Gasteiger partial charge in [-0.15, -0.1) is 0 Å². The second-order valence-electron chi connectivity index (χ2n) is 10.0. The van der Waals surface area contributed by atoms with Crippen LogP contribution in [-0.2, 0) is 26.3 Å². The van der Waals surface area contributed by atoms with E-state index in [1.807, 2.05) is 24.3 Å². The highest BCUT2D eigenvalue weighted by atomic mass is 16.5. The molecule has 1 fully saturated rings. The van der Waals surface area contributed by atoms with Crippen molar-refractivity contribution in [3.8, 4) is 0 Å². The first kappa shape index (κ1) is 23.5. The van der Waals surface area contributed by atoms with Crippen LogP contribution in [0, 0.1) is 0 Å². The van der Waals surface area contributed by atoms with Crippen LogP contribution in [-0.4, -0.2) is 31.1 Å². The zero-order valence-corrected chi connectivity index (χ0v) is 20.1. The zero-order valence-electron chi connectivity index (χ0n) is 20.1. The minimum atomic E-state index is -0.772. The molecular weight excluding hydrogens is 414 g/mol. The van der Waals surface area contributed by atoms with E-state index in [0.717, 1.165) is 30.8 Å². The van der Waals surface area contributed by atoms with E-state index >= 15 is 0 Å². The van der Waals surface area contributed by atoms with Crippen molar-refractivity contribution in [2.24, 2.45) is 0 Å². The topological polar surface area (TPSA) is 70.7 Å². The number of nitrogens with one attached hydrogen (secondary N) is 2. The maximum absolute atomic E-state index is 13.1. The van der Waals surface area contributed by atoms with Crippen LogP contribution in [0.2, 0.25) is 0 Å². The first-order valence-corrected chi connectivity index (χ1v) is 12.0. The Labute approximate surface area is 196 Å². The zero-order chi connectivity index (χ0) is 23.6. The van der Waals surface area contributed by atoms with Gasteiger partial charge in [0, 0.05) is 30.5 Å². The van der Waals surface area contributed by atoms with Crippen molar-refractivity contribution in [1.82, 2.24) is 5.32 Å². The van der Waals surface area contributed by atoms with Crippen LogP contribution in [0.5, 0.6) is 0 Å². The van der Waals surface area contributed by atoms with Crippen molar-refractivity contribution in [2.75, 3.05) is 23.4 Å². The number of hydrogen-bond donors (Lipinski definition) is 2. The SMILES string of the molecule is CCCC1NCc2cc(NC(=O)CC3OCCN(c4ccc(C(C)(C)C)cc4)C3=O)ccc21. The van der Waals surface area contributed by atoms with Crippen LogP contribution in [0.15, 0.2) is 42.5 Å². The van der Waals surface area contributed by atoms with Gasteiger partial charge in [-0.25, -0.2) is 0 Å². The van der Waals surface area contributed by atoms with E-state index in [9.17, 15) is 9.59 Å². The standard InChI is InChI=1S/C27H35N3O3/c1-5-6-23-22-12-9-20(15-18(22)17-28-23)29-25(31)16-24-26(32)30(13-14-33-24)21-10-7-19(8-11-21)27(2,3)4/h7-12,15,23-24,28H,5-6,13-14,16-17H2,1-4H3,(H,29,31). The summed E-state index contributed by atoms with van der Waals surface area (Å²) in [4.78, 5) is 27.5. The molecule has 6 nitrogen and oxygen atoms in total. The predicted molar refractivity (Wildman–Crippen MR) is 131 cm³/mol. The second-order valence-corrected chi connectivity index (χ2v) is 10.0. The largest absolute Gasteiger partial charge is 0.366 e. The summed E-state index contributed by atoms with van der Waals surface area (Å²) in [6, 6.07) is 14.5. The van der Waals surface area contributed by atoms with Gasteiger partial charge in [0.1, 0.15) is 6.10 Å². The van der Waals surface area contributed by atoms with Gasteiger partial charge in [-0.2, -0.15) is 0 Å². The number of amides is 2. The molecule has 0 aromatic heterocycles. The lowest BCUT2D eigenvalue weighted by molar-refractivity contribution is -0.137. The number of morpholine rings is 1. The smallest absolute Gasteiger partial charge is 0.256 e. The molecule has 2 amide bonds.